The lowest BCUT2D eigenvalue weighted by atomic mass is 10.0. The van der Waals surface area contributed by atoms with Crippen LogP contribution in [0, 0.1) is 0 Å². The maximum absolute atomic E-state index is 5.72. The Morgan fingerprint density at radius 3 is 1.73 bits per heavy atom. The SMILES string of the molecule is CCCCCCCCCCCCCN1CCC(OCC)CC1. The van der Waals surface area contributed by atoms with Gasteiger partial charge in [0.05, 0.1) is 6.10 Å². The van der Waals surface area contributed by atoms with Crippen LogP contribution in [0.1, 0.15) is 97.3 Å². The highest BCUT2D eigenvalue weighted by atomic mass is 16.5. The second kappa shape index (κ2) is 14.5. The van der Waals surface area contributed by atoms with Gasteiger partial charge in [0, 0.05) is 19.7 Å². The molecular formula is C20H41NO. The Labute approximate surface area is 140 Å². The molecule has 0 aliphatic carbocycles. The molecule has 1 saturated heterocycles. The predicted molar refractivity (Wildman–Crippen MR) is 97.5 cm³/mol. The molecule has 2 nitrogen and oxygen atoms in total. The van der Waals surface area contributed by atoms with Gasteiger partial charge in [0.15, 0.2) is 0 Å². The second-order valence-electron chi connectivity index (χ2n) is 7.03. The third-order valence-corrected chi connectivity index (χ3v) is 5.01. The van der Waals surface area contributed by atoms with Gasteiger partial charge in [-0.15, -0.1) is 0 Å². The van der Waals surface area contributed by atoms with Crippen LogP contribution in [0.2, 0.25) is 0 Å². The average molecular weight is 312 g/mol. The van der Waals surface area contributed by atoms with Gasteiger partial charge in [-0.3, -0.25) is 0 Å². The molecule has 0 N–H and O–H groups in total. The minimum absolute atomic E-state index is 0.540. The molecule has 0 aromatic heterocycles. The van der Waals surface area contributed by atoms with Gasteiger partial charge in [-0.05, 0) is 32.7 Å². The zero-order chi connectivity index (χ0) is 15.9. The highest BCUT2D eigenvalue weighted by Gasteiger charge is 2.18. The monoisotopic (exact) mass is 311 g/mol. The van der Waals surface area contributed by atoms with Crippen LogP contribution in [-0.2, 0) is 4.74 Å². The van der Waals surface area contributed by atoms with E-state index in [1.165, 1.54) is 103 Å². The molecule has 2 heteroatoms. The Morgan fingerprint density at radius 1 is 0.727 bits per heavy atom. The number of rotatable bonds is 14. The lowest BCUT2D eigenvalue weighted by molar-refractivity contribution is 0.0140. The number of piperidine rings is 1. The maximum Gasteiger partial charge on any atom is 0.0599 e. The summed E-state index contributed by atoms with van der Waals surface area (Å²) in [5.41, 5.74) is 0. The van der Waals surface area contributed by atoms with Crippen LogP contribution < -0.4 is 0 Å². The molecule has 0 saturated carbocycles. The summed E-state index contributed by atoms with van der Waals surface area (Å²) < 4.78 is 5.72. The van der Waals surface area contributed by atoms with E-state index in [9.17, 15) is 0 Å². The van der Waals surface area contributed by atoms with Crippen molar-refractivity contribution >= 4 is 0 Å². The van der Waals surface area contributed by atoms with E-state index >= 15 is 0 Å². The van der Waals surface area contributed by atoms with Crippen LogP contribution in [0.5, 0.6) is 0 Å². The summed E-state index contributed by atoms with van der Waals surface area (Å²) in [5, 5.41) is 0. The summed E-state index contributed by atoms with van der Waals surface area (Å²) in [5.74, 6) is 0. The lowest BCUT2D eigenvalue weighted by Crippen LogP contribution is -2.37. The molecule has 1 rings (SSSR count). The summed E-state index contributed by atoms with van der Waals surface area (Å²) in [6, 6.07) is 0. The van der Waals surface area contributed by atoms with Gasteiger partial charge in [-0.2, -0.15) is 0 Å². The van der Waals surface area contributed by atoms with E-state index in [2.05, 4.69) is 18.7 Å². The summed E-state index contributed by atoms with van der Waals surface area (Å²) in [4.78, 5) is 2.64. The zero-order valence-electron chi connectivity index (χ0n) is 15.5. The summed E-state index contributed by atoms with van der Waals surface area (Å²) in [7, 11) is 0. The van der Waals surface area contributed by atoms with Crippen LogP contribution in [0.4, 0.5) is 0 Å². The largest absolute Gasteiger partial charge is 0.378 e. The number of nitrogens with zero attached hydrogens (tertiary/aromatic N) is 1. The number of unbranched alkanes of at least 4 members (excludes halogenated alkanes) is 10. The first-order chi connectivity index (χ1) is 10.9. The lowest BCUT2D eigenvalue weighted by Gasteiger charge is -2.31. The second-order valence-corrected chi connectivity index (χ2v) is 7.03. The van der Waals surface area contributed by atoms with Crippen LogP contribution in [0.15, 0.2) is 0 Å². The maximum atomic E-state index is 5.72. The average Bonchev–Trinajstić information content (AvgIpc) is 2.54. The molecule has 0 bridgehead atoms. The van der Waals surface area contributed by atoms with E-state index in [4.69, 9.17) is 4.74 Å². The molecule has 1 aliphatic heterocycles. The molecule has 0 spiro atoms. The fourth-order valence-electron chi connectivity index (χ4n) is 3.53. The molecule has 22 heavy (non-hydrogen) atoms. The van der Waals surface area contributed by atoms with E-state index in [0.29, 0.717) is 6.10 Å². The minimum atomic E-state index is 0.540. The summed E-state index contributed by atoms with van der Waals surface area (Å²) in [6.45, 7) is 9.10. The van der Waals surface area contributed by atoms with Crippen molar-refractivity contribution in [1.82, 2.24) is 4.90 Å². The van der Waals surface area contributed by atoms with Gasteiger partial charge in [-0.25, -0.2) is 0 Å². The first-order valence-corrected chi connectivity index (χ1v) is 10.2. The Kier molecular flexibility index (Phi) is 13.2. The molecule has 1 heterocycles. The molecule has 0 radical (unpaired) electrons. The van der Waals surface area contributed by atoms with Crippen LogP contribution in [-0.4, -0.2) is 37.2 Å². The Bertz CT molecular complexity index is 224. The van der Waals surface area contributed by atoms with Crippen molar-refractivity contribution in [3.05, 3.63) is 0 Å². The quantitative estimate of drug-likeness (QED) is 0.376. The van der Waals surface area contributed by atoms with Gasteiger partial charge < -0.3 is 9.64 Å². The minimum Gasteiger partial charge on any atom is -0.378 e. The normalized spacial score (nSPS) is 17.2. The topological polar surface area (TPSA) is 12.5 Å². The van der Waals surface area contributed by atoms with E-state index in [1.807, 2.05) is 0 Å². The highest BCUT2D eigenvalue weighted by molar-refractivity contribution is 4.72. The Balaban J connectivity index is 1.78. The molecule has 1 aliphatic rings. The van der Waals surface area contributed by atoms with Crippen molar-refractivity contribution in [3.8, 4) is 0 Å². The summed E-state index contributed by atoms with van der Waals surface area (Å²) >= 11 is 0. The van der Waals surface area contributed by atoms with E-state index in [-0.39, 0.29) is 0 Å². The number of ether oxygens (including phenoxy) is 1. The van der Waals surface area contributed by atoms with Crippen LogP contribution in [0.3, 0.4) is 0 Å². The third kappa shape index (κ3) is 10.6. The smallest absolute Gasteiger partial charge is 0.0599 e. The Hall–Kier alpha value is -0.0800. The van der Waals surface area contributed by atoms with Crippen molar-refractivity contribution in [2.75, 3.05) is 26.2 Å². The van der Waals surface area contributed by atoms with Crippen LogP contribution >= 0.6 is 0 Å². The van der Waals surface area contributed by atoms with E-state index in [0.717, 1.165) is 6.61 Å². The van der Waals surface area contributed by atoms with E-state index < -0.39 is 0 Å². The number of hydrogen-bond donors (Lipinski definition) is 0. The van der Waals surface area contributed by atoms with Gasteiger partial charge in [0.25, 0.3) is 0 Å². The molecule has 0 amide bonds. The molecule has 0 aromatic carbocycles. The van der Waals surface area contributed by atoms with Gasteiger partial charge in [0.1, 0.15) is 0 Å². The van der Waals surface area contributed by atoms with Crippen molar-refractivity contribution in [1.29, 1.82) is 0 Å². The zero-order valence-corrected chi connectivity index (χ0v) is 15.5. The van der Waals surface area contributed by atoms with Crippen molar-refractivity contribution in [2.24, 2.45) is 0 Å². The first kappa shape index (κ1) is 20.0. The van der Waals surface area contributed by atoms with Crippen molar-refractivity contribution < 1.29 is 4.74 Å². The molecule has 132 valence electrons. The number of likely N-dealkylation sites (tertiary alicyclic amines) is 1. The van der Waals surface area contributed by atoms with Crippen molar-refractivity contribution in [2.45, 2.75) is 103 Å². The molecule has 0 aromatic rings. The molecular weight excluding hydrogens is 270 g/mol. The summed E-state index contributed by atoms with van der Waals surface area (Å²) in [6.07, 6.45) is 18.9. The number of hydrogen-bond acceptors (Lipinski definition) is 2. The fraction of sp³-hybridized carbons (Fsp3) is 1.00. The third-order valence-electron chi connectivity index (χ3n) is 5.01. The van der Waals surface area contributed by atoms with E-state index in [1.54, 1.807) is 0 Å². The highest BCUT2D eigenvalue weighted by Crippen LogP contribution is 2.15. The first-order valence-electron chi connectivity index (χ1n) is 10.2. The Morgan fingerprint density at radius 2 is 1.23 bits per heavy atom. The predicted octanol–water partition coefficient (Wildman–Crippen LogP) is 5.80. The van der Waals surface area contributed by atoms with Crippen molar-refractivity contribution in [3.63, 3.8) is 0 Å². The fourth-order valence-corrected chi connectivity index (χ4v) is 3.53. The van der Waals surface area contributed by atoms with Gasteiger partial charge in [-0.1, -0.05) is 71.1 Å². The van der Waals surface area contributed by atoms with Crippen LogP contribution in [0.25, 0.3) is 0 Å². The molecule has 0 unspecified atom stereocenters. The standard InChI is InChI=1S/C20H41NO/c1-3-5-6-7-8-9-10-11-12-13-14-17-21-18-15-20(16-19-21)22-4-2/h20H,3-19H2,1-2H3. The van der Waals surface area contributed by atoms with Gasteiger partial charge >= 0.3 is 0 Å². The molecule has 0 atom stereocenters. The van der Waals surface area contributed by atoms with Gasteiger partial charge in [0.2, 0.25) is 0 Å². The molecule has 1 fully saturated rings.